The number of methoxy groups -OCH3 is 1. The van der Waals surface area contributed by atoms with Crippen molar-refractivity contribution in [2.75, 3.05) is 7.11 Å². The van der Waals surface area contributed by atoms with E-state index in [0.717, 1.165) is 36.5 Å². The van der Waals surface area contributed by atoms with Crippen LogP contribution in [0.1, 0.15) is 83.6 Å². The molecule has 1 saturated heterocycles. The zero-order chi connectivity index (χ0) is 24.3. The highest BCUT2D eigenvalue weighted by atomic mass is 16.5. The number of carboxylic acid groups (broad SMARTS) is 1. The summed E-state index contributed by atoms with van der Waals surface area (Å²) in [7, 11) is 1.67. The number of nitrogens with zero attached hydrogens (tertiary/aromatic N) is 1. The van der Waals surface area contributed by atoms with Crippen molar-refractivity contribution >= 4 is 11.9 Å². The maximum Gasteiger partial charge on any atom is 0.346 e. The van der Waals surface area contributed by atoms with E-state index in [1.165, 1.54) is 38.5 Å². The molecule has 3 rings (SSSR count). The van der Waals surface area contributed by atoms with Gasteiger partial charge in [-0.05, 0) is 50.3 Å². The van der Waals surface area contributed by atoms with Crippen molar-refractivity contribution in [3.63, 3.8) is 0 Å². The molecule has 6 heteroatoms. The van der Waals surface area contributed by atoms with Crippen molar-refractivity contribution in [2.45, 2.75) is 103 Å². The number of aliphatic carboxylic acids is 1. The van der Waals surface area contributed by atoms with Gasteiger partial charge >= 0.3 is 11.9 Å². The number of benzene rings is 1. The lowest BCUT2D eigenvalue weighted by molar-refractivity contribution is -0.589. The van der Waals surface area contributed by atoms with E-state index in [9.17, 15) is 9.90 Å². The lowest BCUT2D eigenvalue weighted by Gasteiger charge is -2.29. The number of ether oxygens (including phenoxy) is 1. The predicted molar refractivity (Wildman–Crippen MR) is 137 cm³/mol. The van der Waals surface area contributed by atoms with Crippen molar-refractivity contribution in [1.82, 2.24) is 10.6 Å². The summed E-state index contributed by atoms with van der Waals surface area (Å²) >= 11 is 0. The average Bonchev–Trinajstić information content (AvgIpc) is 3.20. The van der Waals surface area contributed by atoms with Crippen LogP contribution in [-0.4, -0.2) is 46.8 Å². The van der Waals surface area contributed by atoms with Crippen LogP contribution in [0, 0.1) is 5.92 Å². The van der Waals surface area contributed by atoms with Gasteiger partial charge in [0.05, 0.1) is 37.7 Å². The van der Waals surface area contributed by atoms with Gasteiger partial charge in [-0.3, -0.25) is 20.0 Å². The molecule has 188 valence electrons. The molecular weight excluding hydrogens is 426 g/mol. The minimum Gasteiger partial charge on any atom is -0.497 e. The van der Waals surface area contributed by atoms with Gasteiger partial charge in [-0.25, -0.2) is 0 Å². The van der Waals surface area contributed by atoms with Crippen LogP contribution in [0.15, 0.2) is 36.4 Å². The summed E-state index contributed by atoms with van der Waals surface area (Å²) in [4.78, 5) is 12.1. The first kappa shape index (κ1) is 26.1. The van der Waals surface area contributed by atoms with Crippen LogP contribution in [0.4, 0.5) is 0 Å². The number of carbonyl (C=O) groups is 1. The Kier molecular flexibility index (Phi) is 10.3. The van der Waals surface area contributed by atoms with Crippen molar-refractivity contribution in [2.24, 2.45) is 5.92 Å². The molecule has 2 heterocycles. The third-order valence-corrected chi connectivity index (χ3v) is 7.21. The Bertz CT molecular complexity index is 834. The third-order valence-electron chi connectivity index (χ3n) is 7.21. The maximum atomic E-state index is 12.1. The summed E-state index contributed by atoms with van der Waals surface area (Å²) in [5, 5.41) is 17.1. The largest absolute Gasteiger partial charge is 0.497 e. The number of guanidine groups is 1. The van der Waals surface area contributed by atoms with Crippen molar-refractivity contribution < 1.29 is 19.2 Å². The number of fused-ring (bicyclic) bond motifs is 1. The fraction of sp³-hybridized carbons (Fsp3) is 0.643. The normalized spacial score (nSPS) is 24.2. The predicted octanol–water partition coefficient (Wildman–Crippen LogP) is 5.07. The summed E-state index contributed by atoms with van der Waals surface area (Å²) in [6, 6.07) is 8.52. The number of unbranched alkanes of at least 4 members (excludes halogenated alkanes) is 6. The molecule has 0 radical (unpaired) electrons. The molecule has 34 heavy (non-hydrogen) atoms. The van der Waals surface area contributed by atoms with Gasteiger partial charge in [0.25, 0.3) is 0 Å². The van der Waals surface area contributed by atoms with Crippen molar-refractivity contribution in [1.29, 1.82) is 0 Å². The monoisotopic (exact) mass is 470 g/mol. The van der Waals surface area contributed by atoms with Crippen LogP contribution in [0.2, 0.25) is 0 Å². The molecule has 1 fully saturated rings. The van der Waals surface area contributed by atoms with Crippen molar-refractivity contribution in [3.8, 4) is 5.75 Å². The summed E-state index contributed by atoms with van der Waals surface area (Å²) in [5.74, 6) is 0.826. The number of carboxylic acids is 1. The van der Waals surface area contributed by atoms with Crippen LogP contribution < -0.4 is 15.4 Å². The van der Waals surface area contributed by atoms with E-state index in [1.807, 2.05) is 12.1 Å². The van der Waals surface area contributed by atoms with Gasteiger partial charge in [0, 0.05) is 6.42 Å². The smallest absolute Gasteiger partial charge is 0.346 e. The molecule has 1 unspecified atom stereocenters. The number of hydrogen-bond donors (Lipinski definition) is 3. The number of hydrogen-bond acceptors (Lipinski definition) is 4. The van der Waals surface area contributed by atoms with E-state index in [-0.39, 0.29) is 24.0 Å². The molecule has 0 aromatic heterocycles. The molecule has 2 aliphatic rings. The highest BCUT2D eigenvalue weighted by Gasteiger charge is 2.49. The maximum absolute atomic E-state index is 12.1. The van der Waals surface area contributed by atoms with Gasteiger partial charge in [0.1, 0.15) is 5.75 Å². The Morgan fingerprint density at radius 1 is 1.15 bits per heavy atom. The van der Waals surface area contributed by atoms with Crippen LogP contribution in [0.25, 0.3) is 0 Å². The zero-order valence-corrected chi connectivity index (χ0v) is 21.3. The average molecular weight is 471 g/mol. The van der Waals surface area contributed by atoms with Crippen LogP contribution >= 0.6 is 0 Å². The Hall–Kier alpha value is -2.50. The Morgan fingerprint density at radius 3 is 2.59 bits per heavy atom. The first-order chi connectivity index (χ1) is 16.5. The number of rotatable bonds is 13. The Balaban J connectivity index is 1.64. The number of nitrogens with one attached hydrogen (secondary N) is 2. The quantitative estimate of drug-likeness (QED) is 0.213. The van der Waals surface area contributed by atoms with E-state index in [0.29, 0.717) is 13.0 Å². The third kappa shape index (κ3) is 7.25. The molecule has 0 spiro atoms. The van der Waals surface area contributed by atoms with Crippen LogP contribution in [0.5, 0.6) is 5.75 Å². The van der Waals surface area contributed by atoms with E-state index in [2.05, 4.69) is 53.3 Å². The van der Waals surface area contributed by atoms with Gasteiger partial charge in [-0.1, -0.05) is 63.3 Å². The summed E-state index contributed by atoms with van der Waals surface area (Å²) in [6.07, 6.45) is 16.0. The van der Waals surface area contributed by atoms with E-state index >= 15 is 0 Å². The zero-order valence-electron chi connectivity index (χ0n) is 21.3. The summed E-state index contributed by atoms with van der Waals surface area (Å²) in [6.45, 7) is 5.07. The van der Waals surface area contributed by atoms with E-state index in [4.69, 9.17) is 4.74 Å². The van der Waals surface area contributed by atoms with Crippen LogP contribution in [-0.2, 0) is 11.3 Å². The van der Waals surface area contributed by atoms with Gasteiger partial charge in [-0.2, -0.15) is 0 Å². The molecule has 3 N–H and O–H groups in total. The fourth-order valence-corrected chi connectivity index (χ4v) is 5.34. The second kappa shape index (κ2) is 13.4. The molecular formula is C28H44N3O3+. The van der Waals surface area contributed by atoms with Gasteiger partial charge in [0.2, 0.25) is 0 Å². The van der Waals surface area contributed by atoms with Crippen LogP contribution in [0.3, 0.4) is 0 Å². The molecule has 0 bridgehead atoms. The van der Waals surface area contributed by atoms with Gasteiger partial charge in [-0.15, -0.1) is 0 Å². The molecule has 0 aliphatic carbocycles. The highest BCUT2D eigenvalue weighted by molar-refractivity contribution is 5.77. The molecule has 6 nitrogen and oxygen atoms in total. The van der Waals surface area contributed by atoms with Gasteiger partial charge in [0.15, 0.2) is 0 Å². The molecule has 0 amide bonds. The second-order valence-electron chi connectivity index (χ2n) is 9.90. The van der Waals surface area contributed by atoms with Crippen molar-refractivity contribution in [3.05, 3.63) is 42.0 Å². The first-order valence-corrected chi connectivity index (χ1v) is 13.2. The molecule has 2 aliphatic heterocycles. The summed E-state index contributed by atoms with van der Waals surface area (Å²) in [5.41, 5.74) is 1.16. The SMILES string of the molecule is CCCCCCCC/C=C\C[C@@H]1CC(C(=O)O)[C@H]2C[C@@H](C)NC(NCc3ccc(OC)cc3)=[N+]12. The second-order valence-corrected chi connectivity index (χ2v) is 9.90. The Labute approximate surface area is 205 Å². The minimum absolute atomic E-state index is 0.0316. The number of allylic oxidation sites excluding steroid dienone is 1. The highest BCUT2D eigenvalue weighted by Crippen LogP contribution is 2.33. The summed E-state index contributed by atoms with van der Waals surface area (Å²) < 4.78 is 7.59. The lowest BCUT2D eigenvalue weighted by Crippen LogP contribution is -2.57. The molecule has 1 aromatic rings. The van der Waals surface area contributed by atoms with E-state index < -0.39 is 5.97 Å². The molecule has 1 aromatic carbocycles. The molecule has 4 atom stereocenters. The standard InChI is InChI=1S/C28H43N3O3/c1-4-5-6-7-8-9-10-11-12-13-23-19-25(27(32)33)26-18-21(2)30-28(31(23)26)29-20-22-14-16-24(34-3)17-15-22/h11-12,14-17,21,23,25-26H,4-10,13,18-20H2,1-3H3,(H2,29,30,32,33)/p+1/b12-11-/t21-,23-,25?,26-/m1/s1. The topological polar surface area (TPSA) is 73.6 Å². The Morgan fingerprint density at radius 2 is 1.88 bits per heavy atom. The first-order valence-electron chi connectivity index (χ1n) is 13.2. The van der Waals surface area contributed by atoms with Gasteiger partial charge < -0.3 is 9.84 Å². The van der Waals surface area contributed by atoms with E-state index in [1.54, 1.807) is 7.11 Å². The lowest BCUT2D eigenvalue weighted by atomic mass is 9.93. The fourth-order valence-electron chi connectivity index (χ4n) is 5.34. The minimum atomic E-state index is -0.669. The molecule has 0 saturated carbocycles.